The van der Waals surface area contributed by atoms with Gasteiger partial charge in [0.25, 0.3) is 0 Å². The van der Waals surface area contributed by atoms with Gasteiger partial charge in [0.05, 0.1) is 0 Å². The van der Waals surface area contributed by atoms with Crippen LogP contribution in [0, 0.1) is 0 Å². The van der Waals surface area contributed by atoms with Crippen molar-refractivity contribution in [2.75, 3.05) is 0 Å². The monoisotopic (exact) mass is 193 g/mol. The highest BCUT2D eigenvalue weighted by molar-refractivity contribution is 5.80. The van der Waals surface area contributed by atoms with E-state index in [9.17, 15) is 4.79 Å². The number of carbonyl (C=O) groups is 1. The fourth-order valence-corrected chi connectivity index (χ4v) is 1.50. The number of hydrogen-bond acceptors (Lipinski definition) is 2. The Morgan fingerprint density at radius 2 is 2.00 bits per heavy atom. The van der Waals surface area contributed by atoms with Crippen molar-refractivity contribution in [1.82, 2.24) is 0 Å². The molecule has 0 saturated heterocycles. The van der Waals surface area contributed by atoms with Gasteiger partial charge in [0.1, 0.15) is 5.54 Å². The lowest BCUT2D eigenvalue weighted by atomic mass is 9.87. The second-order valence-electron chi connectivity index (χ2n) is 3.39. The van der Waals surface area contributed by atoms with E-state index in [1.807, 2.05) is 13.0 Å². The Kier molecular flexibility index (Phi) is 3.25. The first kappa shape index (κ1) is 10.7. The van der Waals surface area contributed by atoms with Crippen molar-refractivity contribution >= 4 is 5.97 Å². The van der Waals surface area contributed by atoms with Gasteiger partial charge < -0.3 is 10.8 Å². The van der Waals surface area contributed by atoms with Crippen LogP contribution in [0.5, 0.6) is 0 Å². The van der Waals surface area contributed by atoms with E-state index < -0.39 is 11.5 Å². The van der Waals surface area contributed by atoms with E-state index in [4.69, 9.17) is 10.8 Å². The fraction of sp³-hybridized carbons (Fsp3) is 0.364. The number of nitrogens with two attached hydrogens (primary N) is 1. The van der Waals surface area contributed by atoms with Crippen molar-refractivity contribution in [3.8, 4) is 0 Å². The van der Waals surface area contributed by atoms with Crippen molar-refractivity contribution in [2.45, 2.75) is 25.3 Å². The van der Waals surface area contributed by atoms with Gasteiger partial charge in [-0.3, -0.25) is 0 Å². The number of rotatable bonds is 4. The SMILES string of the molecule is CCC[C@](N)(C(=O)O)c1ccccc1. The summed E-state index contributed by atoms with van der Waals surface area (Å²) in [5.41, 5.74) is 5.29. The molecule has 0 saturated carbocycles. The Morgan fingerprint density at radius 3 is 2.43 bits per heavy atom. The molecule has 1 aromatic carbocycles. The van der Waals surface area contributed by atoms with Gasteiger partial charge in [-0.2, -0.15) is 0 Å². The first-order chi connectivity index (χ1) is 6.61. The van der Waals surface area contributed by atoms with Crippen LogP contribution in [0.25, 0.3) is 0 Å². The van der Waals surface area contributed by atoms with Gasteiger partial charge in [0, 0.05) is 0 Å². The maximum absolute atomic E-state index is 11.1. The third-order valence-electron chi connectivity index (χ3n) is 2.31. The zero-order valence-electron chi connectivity index (χ0n) is 8.23. The van der Waals surface area contributed by atoms with Gasteiger partial charge in [-0.25, -0.2) is 4.79 Å². The van der Waals surface area contributed by atoms with E-state index >= 15 is 0 Å². The summed E-state index contributed by atoms with van der Waals surface area (Å²) in [4.78, 5) is 11.1. The molecule has 1 rings (SSSR count). The molecule has 0 aliphatic carbocycles. The summed E-state index contributed by atoms with van der Waals surface area (Å²) in [7, 11) is 0. The van der Waals surface area contributed by atoms with Gasteiger partial charge in [-0.1, -0.05) is 43.7 Å². The summed E-state index contributed by atoms with van der Waals surface area (Å²) < 4.78 is 0. The lowest BCUT2D eigenvalue weighted by Crippen LogP contribution is -2.44. The molecule has 14 heavy (non-hydrogen) atoms. The predicted molar refractivity (Wildman–Crippen MR) is 54.9 cm³/mol. The molecule has 3 heteroatoms. The molecule has 0 radical (unpaired) electrons. The first-order valence-electron chi connectivity index (χ1n) is 4.69. The van der Waals surface area contributed by atoms with Gasteiger partial charge >= 0.3 is 5.97 Å². The van der Waals surface area contributed by atoms with Crippen LogP contribution < -0.4 is 5.73 Å². The van der Waals surface area contributed by atoms with Crippen LogP contribution in [0.2, 0.25) is 0 Å². The molecule has 0 bridgehead atoms. The molecule has 0 aromatic heterocycles. The third kappa shape index (κ3) is 1.93. The average molecular weight is 193 g/mol. The summed E-state index contributed by atoms with van der Waals surface area (Å²) >= 11 is 0. The summed E-state index contributed by atoms with van der Waals surface area (Å²) in [6, 6.07) is 8.95. The molecule has 3 nitrogen and oxygen atoms in total. The summed E-state index contributed by atoms with van der Waals surface area (Å²) in [6.45, 7) is 1.92. The van der Waals surface area contributed by atoms with Crippen molar-refractivity contribution in [3.63, 3.8) is 0 Å². The minimum Gasteiger partial charge on any atom is -0.480 e. The van der Waals surface area contributed by atoms with Crippen LogP contribution in [0.1, 0.15) is 25.3 Å². The smallest absolute Gasteiger partial charge is 0.328 e. The molecule has 0 aliphatic rings. The zero-order chi connectivity index (χ0) is 10.6. The molecule has 1 atom stereocenters. The summed E-state index contributed by atoms with van der Waals surface area (Å²) in [5, 5.41) is 9.09. The molecule has 0 aliphatic heterocycles. The molecule has 1 aromatic rings. The highest BCUT2D eigenvalue weighted by Crippen LogP contribution is 2.23. The Balaban J connectivity index is 3.06. The second kappa shape index (κ2) is 4.24. The number of carboxylic acid groups (broad SMARTS) is 1. The summed E-state index contributed by atoms with van der Waals surface area (Å²) in [5.74, 6) is -0.967. The third-order valence-corrected chi connectivity index (χ3v) is 2.31. The van der Waals surface area contributed by atoms with Crippen LogP contribution >= 0.6 is 0 Å². The fourth-order valence-electron chi connectivity index (χ4n) is 1.50. The Labute approximate surface area is 83.6 Å². The molecule has 0 amide bonds. The largest absolute Gasteiger partial charge is 0.480 e. The maximum atomic E-state index is 11.1. The molecular weight excluding hydrogens is 178 g/mol. The van der Waals surface area contributed by atoms with Gasteiger partial charge in [0.15, 0.2) is 0 Å². The van der Waals surface area contributed by atoms with Gasteiger partial charge in [-0.05, 0) is 12.0 Å². The first-order valence-corrected chi connectivity index (χ1v) is 4.69. The highest BCUT2D eigenvalue weighted by Gasteiger charge is 2.34. The molecule has 0 spiro atoms. The highest BCUT2D eigenvalue weighted by atomic mass is 16.4. The minimum absolute atomic E-state index is 0.451. The lowest BCUT2D eigenvalue weighted by molar-refractivity contribution is -0.144. The van der Waals surface area contributed by atoms with E-state index in [-0.39, 0.29) is 0 Å². The number of aliphatic carboxylic acids is 1. The van der Waals surface area contributed by atoms with E-state index in [0.717, 1.165) is 6.42 Å². The molecule has 3 N–H and O–H groups in total. The van der Waals surface area contributed by atoms with E-state index in [0.29, 0.717) is 12.0 Å². The average Bonchev–Trinajstić information content (AvgIpc) is 2.19. The van der Waals surface area contributed by atoms with Gasteiger partial charge in [-0.15, -0.1) is 0 Å². The molecular formula is C11H15NO2. The lowest BCUT2D eigenvalue weighted by Gasteiger charge is -2.24. The topological polar surface area (TPSA) is 63.3 Å². The minimum atomic E-state index is -1.24. The van der Waals surface area contributed by atoms with Crippen LogP contribution in [-0.4, -0.2) is 11.1 Å². The van der Waals surface area contributed by atoms with E-state index in [1.54, 1.807) is 24.3 Å². The van der Waals surface area contributed by atoms with Crippen LogP contribution in [0.4, 0.5) is 0 Å². The molecule has 76 valence electrons. The van der Waals surface area contributed by atoms with E-state index in [1.165, 1.54) is 0 Å². The second-order valence-corrected chi connectivity index (χ2v) is 3.39. The van der Waals surface area contributed by atoms with Crippen molar-refractivity contribution in [1.29, 1.82) is 0 Å². The predicted octanol–water partition coefficient (Wildman–Crippen LogP) is 1.73. The summed E-state index contributed by atoms with van der Waals surface area (Å²) in [6.07, 6.45) is 1.20. The quantitative estimate of drug-likeness (QED) is 0.765. The van der Waals surface area contributed by atoms with Gasteiger partial charge in [0.2, 0.25) is 0 Å². The molecule has 0 heterocycles. The van der Waals surface area contributed by atoms with Crippen molar-refractivity contribution in [3.05, 3.63) is 35.9 Å². The Hall–Kier alpha value is -1.35. The molecule has 0 fully saturated rings. The van der Waals surface area contributed by atoms with Crippen LogP contribution in [0.3, 0.4) is 0 Å². The van der Waals surface area contributed by atoms with Crippen LogP contribution in [-0.2, 0) is 10.3 Å². The number of carboxylic acids is 1. The van der Waals surface area contributed by atoms with Crippen LogP contribution in [0.15, 0.2) is 30.3 Å². The number of benzene rings is 1. The Bertz CT molecular complexity index is 310. The van der Waals surface area contributed by atoms with Crippen molar-refractivity contribution < 1.29 is 9.90 Å². The normalized spacial score (nSPS) is 14.7. The zero-order valence-corrected chi connectivity index (χ0v) is 8.23. The standard InChI is InChI=1S/C11H15NO2/c1-2-8-11(12,10(13)14)9-6-4-3-5-7-9/h3-7H,2,8,12H2,1H3,(H,13,14)/t11-/m1/s1. The maximum Gasteiger partial charge on any atom is 0.328 e. The molecule has 0 unspecified atom stereocenters. The van der Waals surface area contributed by atoms with E-state index in [2.05, 4.69) is 0 Å². The van der Waals surface area contributed by atoms with Crippen molar-refractivity contribution in [2.24, 2.45) is 5.73 Å². The number of hydrogen-bond donors (Lipinski definition) is 2. The Morgan fingerprint density at radius 1 is 1.43 bits per heavy atom.